The van der Waals surface area contributed by atoms with E-state index in [2.05, 4.69) is 9.98 Å². The van der Waals surface area contributed by atoms with Gasteiger partial charge in [-0.1, -0.05) is 36.4 Å². The molecule has 0 amide bonds. The molecule has 0 bridgehead atoms. The highest BCUT2D eigenvalue weighted by atomic mass is 32.2. The Labute approximate surface area is 175 Å². The van der Waals surface area contributed by atoms with E-state index in [0.29, 0.717) is 27.0 Å². The monoisotopic (exact) mass is 412 g/mol. The number of hydrogen-bond donors (Lipinski definition) is 0. The highest BCUT2D eigenvalue weighted by molar-refractivity contribution is 7.99. The number of para-hydroxylation sites is 3. The van der Waals surface area contributed by atoms with Gasteiger partial charge >= 0.3 is 0 Å². The average molecular weight is 412 g/mol. The molecule has 0 atom stereocenters. The summed E-state index contributed by atoms with van der Waals surface area (Å²) >= 11 is 1.22. The maximum absolute atomic E-state index is 13.3. The van der Waals surface area contributed by atoms with Gasteiger partial charge in [0.15, 0.2) is 5.58 Å². The van der Waals surface area contributed by atoms with Crippen LogP contribution < -0.4 is 5.56 Å². The largest absolute Gasteiger partial charge is 0.431 e. The molecule has 2 aromatic carbocycles. The molecular formula is C23H16N4O2S. The molecular weight excluding hydrogens is 396 g/mol. The van der Waals surface area contributed by atoms with Crippen molar-refractivity contribution in [2.75, 3.05) is 0 Å². The van der Waals surface area contributed by atoms with E-state index in [1.54, 1.807) is 12.4 Å². The molecule has 0 aliphatic carbocycles. The first-order valence-corrected chi connectivity index (χ1v) is 10.2. The molecule has 3 aromatic heterocycles. The first kappa shape index (κ1) is 18.3. The molecule has 0 radical (unpaired) electrons. The van der Waals surface area contributed by atoms with Crippen LogP contribution >= 0.6 is 11.8 Å². The Morgan fingerprint density at radius 1 is 1.00 bits per heavy atom. The topological polar surface area (TPSA) is 72.8 Å². The minimum atomic E-state index is -0.193. The molecule has 0 unspecified atom stereocenters. The van der Waals surface area contributed by atoms with E-state index in [1.807, 2.05) is 73.7 Å². The summed E-state index contributed by atoms with van der Waals surface area (Å²) in [5.41, 5.74) is 3.89. The fraction of sp³-hybridized carbons (Fsp3) is 0.0435. The van der Waals surface area contributed by atoms with E-state index < -0.39 is 0 Å². The Morgan fingerprint density at radius 2 is 1.80 bits per heavy atom. The Morgan fingerprint density at radius 3 is 2.63 bits per heavy atom. The number of rotatable bonds is 4. The van der Waals surface area contributed by atoms with Crippen LogP contribution in [0.2, 0.25) is 0 Å². The first-order valence-electron chi connectivity index (χ1n) is 9.33. The standard InChI is InChI=1S/C23H16N4O2S/c1-15-8-7-13-27-20(15)26-21(30-23-25-18-11-5-6-12-19(18)29-23)17(22(27)28)14-24-16-9-3-2-4-10-16/h2-14H,1H3. The third-order valence-electron chi connectivity index (χ3n) is 4.61. The van der Waals surface area contributed by atoms with Crippen molar-refractivity contribution < 1.29 is 4.42 Å². The summed E-state index contributed by atoms with van der Waals surface area (Å²) in [6.07, 6.45) is 3.27. The van der Waals surface area contributed by atoms with Crippen molar-refractivity contribution in [3.63, 3.8) is 0 Å². The van der Waals surface area contributed by atoms with E-state index in [-0.39, 0.29) is 5.56 Å². The highest BCUT2D eigenvalue weighted by Gasteiger charge is 2.17. The Bertz CT molecular complexity index is 1420. The summed E-state index contributed by atoms with van der Waals surface area (Å²) < 4.78 is 7.37. The average Bonchev–Trinajstić information content (AvgIpc) is 3.17. The predicted octanol–water partition coefficient (Wildman–Crippen LogP) is 5.05. The maximum Gasteiger partial charge on any atom is 0.267 e. The molecule has 0 saturated carbocycles. The van der Waals surface area contributed by atoms with Gasteiger partial charge in [-0.2, -0.15) is 0 Å². The number of benzene rings is 2. The van der Waals surface area contributed by atoms with Gasteiger partial charge in [-0.05, 0) is 54.6 Å². The van der Waals surface area contributed by atoms with Gasteiger partial charge in [-0.25, -0.2) is 9.97 Å². The van der Waals surface area contributed by atoms with Crippen LogP contribution in [0, 0.1) is 6.92 Å². The zero-order valence-corrected chi connectivity index (χ0v) is 16.8. The van der Waals surface area contributed by atoms with Crippen molar-refractivity contribution in [2.24, 2.45) is 4.99 Å². The SMILES string of the molecule is Cc1cccn2c(=O)c(C=Nc3ccccc3)c(Sc3nc4ccccc4o3)nc12. The fourth-order valence-corrected chi connectivity index (χ4v) is 3.93. The molecule has 0 aliphatic rings. The van der Waals surface area contributed by atoms with Crippen molar-refractivity contribution >= 4 is 40.4 Å². The van der Waals surface area contributed by atoms with Gasteiger partial charge in [-0.3, -0.25) is 14.2 Å². The molecule has 5 rings (SSSR count). The van der Waals surface area contributed by atoms with Crippen molar-refractivity contribution in [1.82, 2.24) is 14.4 Å². The van der Waals surface area contributed by atoms with E-state index in [1.165, 1.54) is 16.2 Å². The lowest BCUT2D eigenvalue weighted by Gasteiger charge is -2.08. The lowest BCUT2D eigenvalue weighted by molar-refractivity contribution is 0.489. The zero-order valence-electron chi connectivity index (χ0n) is 16.0. The third kappa shape index (κ3) is 3.40. The number of fused-ring (bicyclic) bond motifs is 2. The number of oxazole rings is 1. The maximum atomic E-state index is 13.3. The van der Waals surface area contributed by atoms with Crippen LogP contribution in [0.4, 0.5) is 5.69 Å². The normalized spacial score (nSPS) is 11.6. The second kappa shape index (κ2) is 7.61. The number of hydrogen-bond acceptors (Lipinski definition) is 6. The zero-order chi connectivity index (χ0) is 20.5. The highest BCUT2D eigenvalue weighted by Crippen LogP contribution is 2.30. The number of aromatic nitrogens is 3. The summed E-state index contributed by atoms with van der Waals surface area (Å²) in [5.74, 6) is 0. The van der Waals surface area contributed by atoms with Gasteiger partial charge in [0.05, 0.1) is 11.3 Å². The minimum Gasteiger partial charge on any atom is -0.431 e. The quantitative estimate of drug-likeness (QED) is 0.305. The van der Waals surface area contributed by atoms with Gasteiger partial charge in [0.2, 0.25) is 0 Å². The molecule has 5 aromatic rings. The molecule has 3 heterocycles. The smallest absolute Gasteiger partial charge is 0.267 e. The van der Waals surface area contributed by atoms with Crippen molar-refractivity contribution in [3.8, 4) is 0 Å². The summed E-state index contributed by atoms with van der Waals surface area (Å²) in [7, 11) is 0. The number of aliphatic imine (C=N–C) groups is 1. The Balaban J connectivity index is 1.67. The third-order valence-corrected chi connectivity index (χ3v) is 5.46. The predicted molar refractivity (Wildman–Crippen MR) is 118 cm³/mol. The molecule has 0 spiro atoms. The second-order valence-electron chi connectivity index (χ2n) is 6.66. The molecule has 0 saturated heterocycles. The van der Waals surface area contributed by atoms with E-state index >= 15 is 0 Å². The van der Waals surface area contributed by atoms with E-state index in [0.717, 1.165) is 16.8 Å². The van der Waals surface area contributed by atoms with Crippen LogP contribution in [0.5, 0.6) is 0 Å². The van der Waals surface area contributed by atoms with Gasteiger partial charge in [0, 0.05) is 12.4 Å². The van der Waals surface area contributed by atoms with Crippen molar-refractivity contribution in [2.45, 2.75) is 17.2 Å². The van der Waals surface area contributed by atoms with Gasteiger partial charge in [-0.15, -0.1) is 0 Å². The summed E-state index contributed by atoms with van der Waals surface area (Å²) in [4.78, 5) is 27.0. The van der Waals surface area contributed by atoms with Crippen molar-refractivity contribution in [3.05, 3.63) is 94.4 Å². The lowest BCUT2D eigenvalue weighted by Crippen LogP contribution is -2.21. The van der Waals surface area contributed by atoms with E-state index in [4.69, 9.17) is 9.40 Å². The second-order valence-corrected chi connectivity index (χ2v) is 7.60. The Kier molecular flexibility index (Phi) is 4.65. The molecule has 0 aliphatic heterocycles. The summed E-state index contributed by atoms with van der Waals surface area (Å²) in [5, 5.41) is 0.927. The van der Waals surface area contributed by atoms with Gasteiger partial charge in [0.25, 0.3) is 10.8 Å². The van der Waals surface area contributed by atoms with Crippen LogP contribution in [0.25, 0.3) is 16.7 Å². The molecule has 0 N–H and O–H groups in total. The van der Waals surface area contributed by atoms with Gasteiger partial charge in [0.1, 0.15) is 16.2 Å². The molecule has 30 heavy (non-hydrogen) atoms. The number of aryl methyl sites for hydroxylation is 1. The van der Waals surface area contributed by atoms with Crippen molar-refractivity contribution in [1.29, 1.82) is 0 Å². The van der Waals surface area contributed by atoms with Crippen LogP contribution in [0.3, 0.4) is 0 Å². The molecule has 7 heteroatoms. The number of pyridine rings is 1. The molecule has 6 nitrogen and oxygen atoms in total. The van der Waals surface area contributed by atoms with Crippen LogP contribution in [0.1, 0.15) is 11.1 Å². The number of nitrogens with zero attached hydrogens (tertiary/aromatic N) is 4. The summed E-state index contributed by atoms with van der Waals surface area (Å²) in [6.45, 7) is 1.92. The first-order chi connectivity index (χ1) is 14.7. The van der Waals surface area contributed by atoms with Crippen LogP contribution in [-0.4, -0.2) is 20.6 Å². The van der Waals surface area contributed by atoms with Gasteiger partial charge < -0.3 is 4.42 Å². The minimum absolute atomic E-state index is 0.193. The fourth-order valence-electron chi connectivity index (χ4n) is 3.11. The molecule has 0 fully saturated rings. The van der Waals surface area contributed by atoms with E-state index in [9.17, 15) is 4.79 Å². The van der Waals surface area contributed by atoms with Crippen LogP contribution in [-0.2, 0) is 0 Å². The molecule has 146 valence electrons. The summed E-state index contributed by atoms with van der Waals surface area (Å²) in [6, 6.07) is 20.8. The lowest BCUT2D eigenvalue weighted by atomic mass is 10.2. The van der Waals surface area contributed by atoms with Crippen LogP contribution in [0.15, 0.2) is 97.4 Å². The Hall–Kier alpha value is -3.71.